The van der Waals surface area contributed by atoms with Crippen LogP contribution in [0.25, 0.3) is 0 Å². The van der Waals surface area contributed by atoms with Crippen LogP contribution in [0.15, 0.2) is 16.6 Å². The van der Waals surface area contributed by atoms with Gasteiger partial charge in [-0.2, -0.15) is 0 Å². The molecule has 2 unspecified atom stereocenters. The lowest BCUT2D eigenvalue weighted by atomic mass is 9.85. The maximum atomic E-state index is 13.7. The average Bonchev–Trinajstić information content (AvgIpc) is 2.34. The van der Waals surface area contributed by atoms with E-state index in [1.54, 1.807) is 0 Å². The van der Waals surface area contributed by atoms with Crippen LogP contribution in [-0.4, -0.2) is 17.1 Å². The van der Waals surface area contributed by atoms with Crippen LogP contribution >= 0.6 is 15.9 Å². The van der Waals surface area contributed by atoms with Gasteiger partial charge in [-0.1, -0.05) is 22.4 Å². The molecule has 2 rings (SSSR count). The third-order valence-electron chi connectivity index (χ3n) is 3.38. The van der Waals surface area contributed by atoms with E-state index in [4.69, 9.17) is 5.11 Å². The van der Waals surface area contributed by atoms with E-state index in [1.165, 1.54) is 12.1 Å². The predicted octanol–water partition coefficient (Wildman–Crippen LogP) is 3.78. The van der Waals surface area contributed by atoms with Gasteiger partial charge in [-0.05, 0) is 31.4 Å². The van der Waals surface area contributed by atoms with Crippen molar-refractivity contribution in [3.63, 3.8) is 0 Å². The second-order valence-corrected chi connectivity index (χ2v) is 5.70. The minimum Gasteiger partial charge on any atom is -0.481 e. The summed E-state index contributed by atoms with van der Waals surface area (Å²) in [5, 5.41) is 11.8. The number of hydrogen-bond acceptors (Lipinski definition) is 2. The number of carboxylic acids is 1. The Morgan fingerprint density at radius 1 is 1.32 bits per heavy atom. The second kappa shape index (κ2) is 5.86. The highest BCUT2D eigenvalue weighted by Crippen LogP contribution is 2.30. The monoisotopic (exact) mass is 333 g/mol. The van der Waals surface area contributed by atoms with E-state index in [0.29, 0.717) is 17.3 Å². The molecule has 104 valence electrons. The van der Waals surface area contributed by atoms with Crippen molar-refractivity contribution in [2.45, 2.75) is 31.7 Å². The van der Waals surface area contributed by atoms with Crippen molar-refractivity contribution in [2.75, 3.05) is 5.32 Å². The third-order valence-corrected chi connectivity index (χ3v) is 3.84. The summed E-state index contributed by atoms with van der Waals surface area (Å²) in [6.07, 6.45) is 2.48. The van der Waals surface area contributed by atoms with Gasteiger partial charge in [0, 0.05) is 10.5 Å². The van der Waals surface area contributed by atoms with Crippen molar-refractivity contribution in [1.29, 1.82) is 0 Å². The van der Waals surface area contributed by atoms with E-state index >= 15 is 0 Å². The number of carbonyl (C=O) groups is 1. The van der Waals surface area contributed by atoms with Crippen molar-refractivity contribution in [2.24, 2.45) is 5.92 Å². The highest BCUT2D eigenvalue weighted by molar-refractivity contribution is 9.10. The lowest BCUT2D eigenvalue weighted by Gasteiger charge is -2.28. The number of hydrogen-bond donors (Lipinski definition) is 2. The van der Waals surface area contributed by atoms with Gasteiger partial charge < -0.3 is 10.4 Å². The molecule has 0 bridgehead atoms. The predicted molar refractivity (Wildman–Crippen MR) is 71.1 cm³/mol. The van der Waals surface area contributed by atoms with E-state index in [-0.39, 0.29) is 11.7 Å². The normalized spacial score (nSPS) is 23.1. The van der Waals surface area contributed by atoms with Crippen LogP contribution in [-0.2, 0) is 4.79 Å². The maximum absolute atomic E-state index is 13.7. The lowest BCUT2D eigenvalue weighted by Crippen LogP contribution is -2.31. The Labute approximate surface area is 118 Å². The van der Waals surface area contributed by atoms with Crippen LogP contribution in [0.3, 0.4) is 0 Å². The molecule has 0 aliphatic heterocycles. The molecule has 1 saturated carbocycles. The first kappa shape index (κ1) is 14.2. The zero-order valence-corrected chi connectivity index (χ0v) is 11.7. The smallest absolute Gasteiger partial charge is 0.306 e. The SMILES string of the molecule is O=C(O)C1CCCC(Nc2c(F)cc(Br)cc2F)C1. The topological polar surface area (TPSA) is 49.3 Å². The van der Waals surface area contributed by atoms with Crippen LogP contribution in [0.5, 0.6) is 0 Å². The molecule has 0 saturated heterocycles. The Bertz CT molecular complexity index is 473. The van der Waals surface area contributed by atoms with Gasteiger partial charge in [0.05, 0.1) is 5.92 Å². The highest BCUT2D eigenvalue weighted by atomic mass is 79.9. The van der Waals surface area contributed by atoms with Gasteiger partial charge in [0.15, 0.2) is 0 Å². The van der Waals surface area contributed by atoms with Gasteiger partial charge in [0.2, 0.25) is 0 Å². The molecule has 0 radical (unpaired) electrons. The molecular weight excluding hydrogens is 320 g/mol. The van der Waals surface area contributed by atoms with Gasteiger partial charge in [0.25, 0.3) is 0 Å². The van der Waals surface area contributed by atoms with E-state index in [2.05, 4.69) is 21.2 Å². The summed E-state index contributed by atoms with van der Waals surface area (Å²) in [5.41, 5.74) is -0.181. The van der Waals surface area contributed by atoms with Crippen molar-refractivity contribution < 1.29 is 18.7 Å². The number of aliphatic carboxylic acids is 1. The first-order chi connectivity index (χ1) is 8.97. The molecule has 0 heterocycles. The number of carboxylic acid groups (broad SMARTS) is 1. The minimum absolute atomic E-state index is 0.181. The fourth-order valence-corrected chi connectivity index (χ4v) is 2.83. The van der Waals surface area contributed by atoms with Crippen molar-refractivity contribution in [1.82, 2.24) is 0 Å². The van der Waals surface area contributed by atoms with Crippen molar-refractivity contribution in [3.05, 3.63) is 28.2 Å². The van der Waals surface area contributed by atoms with E-state index in [1.807, 2.05) is 0 Å². The van der Waals surface area contributed by atoms with E-state index in [9.17, 15) is 13.6 Å². The summed E-state index contributed by atoms with van der Waals surface area (Å²) in [4.78, 5) is 10.9. The Hall–Kier alpha value is -1.17. The Kier molecular flexibility index (Phi) is 4.39. The van der Waals surface area contributed by atoms with Crippen molar-refractivity contribution in [3.8, 4) is 0 Å². The molecule has 1 aliphatic carbocycles. The molecule has 1 aliphatic rings. The van der Waals surface area contributed by atoms with E-state index in [0.717, 1.165) is 12.8 Å². The summed E-state index contributed by atoms with van der Waals surface area (Å²) < 4.78 is 27.7. The van der Waals surface area contributed by atoms with Gasteiger partial charge in [0.1, 0.15) is 17.3 Å². The lowest BCUT2D eigenvalue weighted by molar-refractivity contribution is -0.142. The molecule has 1 fully saturated rings. The summed E-state index contributed by atoms with van der Waals surface area (Å²) >= 11 is 3.02. The van der Waals surface area contributed by atoms with Crippen LogP contribution < -0.4 is 5.32 Å². The molecule has 0 spiro atoms. The first-order valence-electron chi connectivity index (χ1n) is 6.11. The molecule has 3 nitrogen and oxygen atoms in total. The van der Waals surface area contributed by atoms with Gasteiger partial charge in [-0.25, -0.2) is 8.78 Å². The molecule has 2 atom stereocenters. The van der Waals surface area contributed by atoms with Gasteiger partial charge >= 0.3 is 5.97 Å². The fraction of sp³-hybridized carbons (Fsp3) is 0.462. The number of benzene rings is 1. The molecule has 1 aromatic rings. The summed E-state index contributed by atoms with van der Waals surface area (Å²) in [6, 6.07) is 2.16. The highest BCUT2D eigenvalue weighted by Gasteiger charge is 2.27. The van der Waals surface area contributed by atoms with E-state index < -0.39 is 23.5 Å². The number of rotatable bonds is 3. The zero-order valence-electron chi connectivity index (χ0n) is 10.1. The van der Waals surface area contributed by atoms with Crippen LogP contribution in [0.2, 0.25) is 0 Å². The maximum Gasteiger partial charge on any atom is 0.306 e. The first-order valence-corrected chi connectivity index (χ1v) is 6.90. The number of anilines is 1. The summed E-state index contributed by atoms with van der Waals surface area (Å²) in [5.74, 6) is -2.63. The number of halogens is 3. The van der Waals surface area contributed by atoms with Gasteiger partial charge in [-0.15, -0.1) is 0 Å². The molecular formula is C13H14BrF2NO2. The average molecular weight is 334 g/mol. The fourth-order valence-electron chi connectivity index (χ4n) is 2.43. The molecule has 1 aromatic carbocycles. The van der Waals surface area contributed by atoms with Crippen LogP contribution in [0.1, 0.15) is 25.7 Å². The molecule has 0 amide bonds. The molecule has 19 heavy (non-hydrogen) atoms. The standard InChI is InChI=1S/C13H14BrF2NO2/c14-8-5-10(15)12(11(16)6-8)17-9-3-1-2-7(4-9)13(18)19/h5-7,9,17H,1-4H2,(H,18,19). The van der Waals surface area contributed by atoms with Crippen LogP contribution in [0, 0.1) is 17.6 Å². The minimum atomic E-state index is -0.844. The Balaban J connectivity index is 2.11. The van der Waals surface area contributed by atoms with Crippen molar-refractivity contribution >= 4 is 27.6 Å². The molecule has 2 N–H and O–H groups in total. The zero-order chi connectivity index (χ0) is 14.0. The summed E-state index contributed by atoms with van der Waals surface area (Å²) in [6.45, 7) is 0. The second-order valence-electron chi connectivity index (χ2n) is 4.79. The van der Waals surface area contributed by atoms with Gasteiger partial charge in [-0.3, -0.25) is 4.79 Å². The molecule has 0 aromatic heterocycles. The van der Waals surface area contributed by atoms with Crippen LogP contribution in [0.4, 0.5) is 14.5 Å². The third kappa shape index (κ3) is 3.43. The molecule has 6 heteroatoms. The number of nitrogens with one attached hydrogen (secondary N) is 1. The largest absolute Gasteiger partial charge is 0.481 e. The quantitative estimate of drug-likeness (QED) is 0.884. The Morgan fingerprint density at radius 2 is 1.95 bits per heavy atom. The Morgan fingerprint density at radius 3 is 2.53 bits per heavy atom. The summed E-state index contributed by atoms with van der Waals surface area (Å²) in [7, 11) is 0.